The molecule has 2 unspecified atom stereocenters. The van der Waals surface area contributed by atoms with Crippen molar-refractivity contribution in [3.63, 3.8) is 0 Å². The maximum atomic E-state index is 13.1. The lowest BCUT2D eigenvalue weighted by Crippen LogP contribution is -2.46. The Labute approximate surface area is 155 Å². The van der Waals surface area contributed by atoms with Gasteiger partial charge in [0.25, 0.3) is 0 Å². The summed E-state index contributed by atoms with van der Waals surface area (Å²) in [5, 5.41) is 10.4. The molecule has 1 aromatic rings. The third-order valence-electron chi connectivity index (χ3n) is 5.46. The average Bonchev–Trinajstić information content (AvgIpc) is 3.22. The van der Waals surface area contributed by atoms with Crippen LogP contribution >= 0.6 is 0 Å². The lowest BCUT2D eigenvalue weighted by Gasteiger charge is -2.32. The normalized spacial score (nSPS) is 24.7. The Balaban J connectivity index is 1.65. The second-order valence-electron chi connectivity index (χ2n) is 7.39. The molecule has 0 aromatic carbocycles. The zero-order valence-corrected chi connectivity index (χ0v) is 16.6. The maximum Gasteiger partial charge on any atom is 0.246 e. The van der Waals surface area contributed by atoms with E-state index in [4.69, 9.17) is 0 Å². The minimum absolute atomic E-state index is 0.0291. The second kappa shape index (κ2) is 7.66. The van der Waals surface area contributed by atoms with Gasteiger partial charge in [0.2, 0.25) is 15.9 Å². The minimum Gasteiger partial charge on any atom is -0.354 e. The molecule has 2 aliphatic heterocycles. The zero-order chi connectivity index (χ0) is 18.9. The monoisotopic (exact) mass is 383 g/mol. The molecule has 8 nitrogen and oxygen atoms in total. The molecule has 0 saturated carbocycles. The van der Waals surface area contributed by atoms with Crippen LogP contribution in [-0.4, -0.2) is 60.6 Å². The van der Waals surface area contributed by atoms with Gasteiger partial charge in [0.05, 0.1) is 17.4 Å². The first-order valence-electron chi connectivity index (χ1n) is 9.32. The summed E-state index contributed by atoms with van der Waals surface area (Å²) in [4.78, 5) is 12.5. The summed E-state index contributed by atoms with van der Waals surface area (Å²) in [5.74, 6) is 0.169. The summed E-state index contributed by atoms with van der Waals surface area (Å²) < 4.78 is 29.4. The largest absolute Gasteiger partial charge is 0.354 e. The number of hydrogen-bond acceptors (Lipinski definition) is 5. The van der Waals surface area contributed by atoms with E-state index < -0.39 is 10.0 Å². The van der Waals surface area contributed by atoms with Gasteiger partial charge in [0.15, 0.2) is 0 Å². The molecule has 26 heavy (non-hydrogen) atoms. The highest BCUT2D eigenvalue weighted by atomic mass is 32.2. The number of carbonyl (C=O) groups excluding carboxylic acids is 1. The number of nitrogens with one attached hydrogen (secondary N) is 2. The lowest BCUT2D eigenvalue weighted by molar-refractivity contribution is -0.123. The molecule has 0 aliphatic carbocycles. The first-order chi connectivity index (χ1) is 12.3. The van der Waals surface area contributed by atoms with Crippen LogP contribution in [0.3, 0.4) is 0 Å². The Morgan fingerprint density at radius 1 is 1.31 bits per heavy atom. The second-order valence-corrected chi connectivity index (χ2v) is 9.26. The van der Waals surface area contributed by atoms with Crippen molar-refractivity contribution in [2.45, 2.75) is 50.5 Å². The standard InChI is InChI=1S/C17H29N5O3S/c1-12-16(13(2)21(3)20-12)26(24,25)22-9-5-6-14(11-22)10-19-17(23)15-7-4-8-18-15/h14-15,18H,4-11H2,1-3H3,(H,19,23). The highest BCUT2D eigenvalue weighted by molar-refractivity contribution is 7.89. The topological polar surface area (TPSA) is 96.3 Å². The molecule has 0 radical (unpaired) electrons. The van der Waals surface area contributed by atoms with Gasteiger partial charge in [-0.05, 0) is 52.0 Å². The third kappa shape index (κ3) is 3.79. The van der Waals surface area contributed by atoms with E-state index in [-0.39, 0.29) is 17.9 Å². The Bertz CT molecular complexity index is 768. The summed E-state index contributed by atoms with van der Waals surface area (Å²) in [6.07, 6.45) is 3.63. The Morgan fingerprint density at radius 3 is 2.69 bits per heavy atom. The molecule has 3 rings (SSSR count). The van der Waals surface area contributed by atoms with Gasteiger partial charge in [0, 0.05) is 26.7 Å². The first kappa shape index (κ1) is 19.3. The fourth-order valence-electron chi connectivity index (χ4n) is 3.94. The third-order valence-corrected chi connectivity index (χ3v) is 7.58. The fourth-order valence-corrected chi connectivity index (χ4v) is 5.90. The van der Waals surface area contributed by atoms with Crippen LogP contribution in [0, 0.1) is 19.8 Å². The van der Waals surface area contributed by atoms with Gasteiger partial charge >= 0.3 is 0 Å². The molecule has 9 heteroatoms. The minimum atomic E-state index is -3.56. The maximum absolute atomic E-state index is 13.1. The van der Waals surface area contributed by atoms with Crippen molar-refractivity contribution in [2.75, 3.05) is 26.2 Å². The molecule has 2 fully saturated rings. The Morgan fingerprint density at radius 2 is 2.08 bits per heavy atom. The number of nitrogens with zero attached hydrogens (tertiary/aromatic N) is 3. The van der Waals surface area contributed by atoms with E-state index in [1.807, 2.05) is 0 Å². The Kier molecular flexibility index (Phi) is 5.69. The van der Waals surface area contributed by atoms with E-state index in [9.17, 15) is 13.2 Å². The average molecular weight is 384 g/mol. The summed E-state index contributed by atoms with van der Waals surface area (Å²) >= 11 is 0. The predicted molar refractivity (Wildman–Crippen MR) is 98.2 cm³/mol. The van der Waals surface area contributed by atoms with Crippen molar-refractivity contribution >= 4 is 15.9 Å². The van der Waals surface area contributed by atoms with Crippen LogP contribution in [0.25, 0.3) is 0 Å². The van der Waals surface area contributed by atoms with Gasteiger partial charge in [-0.2, -0.15) is 9.40 Å². The van der Waals surface area contributed by atoms with Crippen molar-refractivity contribution < 1.29 is 13.2 Å². The lowest BCUT2D eigenvalue weighted by atomic mass is 9.99. The number of rotatable bonds is 5. The van der Waals surface area contributed by atoms with Crippen LogP contribution in [0.5, 0.6) is 0 Å². The Hall–Kier alpha value is -1.45. The zero-order valence-electron chi connectivity index (χ0n) is 15.8. The van der Waals surface area contributed by atoms with Crippen LogP contribution in [0.15, 0.2) is 4.90 Å². The molecule has 1 aromatic heterocycles. The highest BCUT2D eigenvalue weighted by Crippen LogP contribution is 2.27. The molecular formula is C17H29N5O3S. The number of piperidine rings is 1. The SMILES string of the molecule is Cc1nn(C)c(C)c1S(=O)(=O)N1CCCC(CNC(=O)C2CCCN2)C1. The number of carbonyl (C=O) groups is 1. The van der Waals surface area contributed by atoms with E-state index in [1.165, 1.54) is 0 Å². The summed E-state index contributed by atoms with van der Waals surface area (Å²) in [7, 11) is -1.81. The molecule has 2 atom stereocenters. The highest BCUT2D eigenvalue weighted by Gasteiger charge is 2.34. The molecular weight excluding hydrogens is 354 g/mol. The van der Waals surface area contributed by atoms with Crippen LogP contribution in [0.1, 0.15) is 37.1 Å². The van der Waals surface area contributed by atoms with Gasteiger partial charge in [-0.1, -0.05) is 0 Å². The van der Waals surface area contributed by atoms with Crippen molar-refractivity contribution in [1.82, 2.24) is 24.7 Å². The molecule has 146 valence electrons. The summed E-state index contributed by atoms with van der Waals surface area (Å²) in [5.41, 5.74) is 1.19. The van der Waals surface area contributed by atoms with Crippen LogP contribution in [-0.2, 0) is 21.9 Å². The van der Waals surface area contributed by atoms with Crippen LogP contribution < -0.4 is 10.6 Å². The molecule has 2 saturated heterocycles. The number of amides is 1. The van der Waals surface area contributed by atoms with E-state index in [2.05, 4.69) is 15.7 Å². The van der Waals surface area contributed by atoms with E-state index >= 15 is 0 Å². The van der Waals surface area contributed by atoms with Gasteiger partial charge < -0.3 is 10.6 Å². The van der Waals surface area contributed by atoms with Crippen molar-refractivity contribution in [3.8, 4) is 0 Å². The van der Waals surface area contributed by atoms with Crippen molar-refractivity contribution in [1.29, 1.82) is 0 Å². The van der Waals surface area contributed by atoms with Gasteiger partial charge in [-0.3, -0.25) is 9.48 Å². The van der Waals surface area contributed by atoms with Crippen LogP contribution in [0.2, 0.25) is 0 Å². The number of aromatic nitrogens is 2. The van der Waals surface area contributed by atoms with Gasteiger partial charge in [-0.15, -0.1) is 0 Å². The number of aryl methyl sites for hydroxylation is 2. The van der Waals surface area contributed by atoms with Crippen molar-refractivity contribution in [3.05, 3.63) is 11.4 Å². The molecule has 0 bridgehead atoms. The van der Waals surface area contributed by atoms with Crippen molar-refractivity contribution in [2.24, 2.45) is 13.0 Å². The van der Waals surface area contributed by atoms with Gasteiger partial charge in [0.1, 0.15) is 4.90 Å². The first-order valence-corrected chi connectivity index (χ1v) is 10.8. The van der Waals surface area contributed by atoms with E-state index in [1.54, 1.807) is 29.9 Å². The summed E-state index contributed by atoms with van der Waals surface area (Å²) in [6, 6.07) is -0.0980. The van der Waals surface area contributed by atoms with E-state index in [0.29, 0.717) is 35.9 Å². The fraction of sp³-hybridized carbons (Fsp3) is 0.765. The number of hydrogen-bond donors (Lipinski definition) is 2. The van der Waals surface area contributed by atoms with Crippen LogP contribution in [0.4, 0.5) is 0 Å². The van der Waals surface area contributed by atoms with Gasteiger partial charge in [-0.25, -0.2) is 8.42 Å². The molecule has 1 amide bonds. The van der Waals surface area contributed by atoms with E-state index in [0.717, 1.165) is 32.2 Å². The predicted octanol–water partition coefficient (Wildman–Crippen LogP) is 0.306. The molecule has 3 heterocycles. The molecule has 0 spiro atoms. The summed E-state index contributed by atoms with van der Waals surface area (Å²) in [6.45, 7) is 5.88. The smallest absolute Gasteiger partial charge is 0.246 e. The quantitative estimate of drug-likeness (QED) is 0.763. The molecule has 2 N–H and O–H groups in total. The molecule has 2 aliphatic rings. The number of sulfonamides is 1.